The molecule has 1 heteroatoms. The molecule has 4 rings (SSSR count). The molecule has 1 heterocycles. The van der Waals surface area contributed by atoms with Crippen molar-refractivity contribution in [2.75, 3.05) is 20.1 Å². The van der Waals surface area contributed by atoms with E-state index in [0.717, 1.165) is 13.1 Å². The number of piperidine rings is 1. The lowest BCUT2D eigenvalue weighted by Gasteiger charge is -2.27. The second-order valence-corrected chi connectivity index (χ2v) is 6.29. The van der Waals surface area contributed by atoms with Crippen LogP contribution in [0.2, 0.25) is 0 Å². The van der Waals surface area contributed by atoms with Gasteiger partial charge in [0.05, 0.1) is 0 Å². The van der Waals surface area contributed by atoms with Gasteiger partial charge in [0, 0.05) is 13.1 Å². The van der Waals surface area contributed by atoms with Crippen molar-refractivity contribution >= 4 is 17.7 Å². The lowest BCUT2D eigenvalue weighted by atomic mass is 9.86. The number of nitrogens with zero attached hydrogens (tertiary/aromatic N) is 1. The van der Waals surface area contributed by atoms with Gasteiger partial charge in [-0.2, -0.15) is 0 Å². The average Bonchev–Trinajstić information content (AvgIpc) is 2.89. The van der Waals surface area contributed by atoms with Gasteiger partial charge in [0.25, 0.3) is 0 Å². The molecule has 1 nitrogen and oxygen atoms in total. The summed E-state index contributed by atoms with van der Waals surface area (Å²) in [4.78, 5) is 2.43. The summed E-state index contributed by atoms with van der Waals surface area (Å²) in [7, 11) is 2.22. The highest BCUT2D eigenvalue weighted by atomic mass is 15.1. The molecule has 138 valence electrons. The monoisotopic (exact) mass is 347 g/mol. The second kappa shape index (κ2) is 10.1. The number of hydrogen-bond donors (Lipinski definition) is 0. The lowest BCUT2D eigenvalue weighted by Crippen LogP contribution is -2.27. The molecule has 0 saturated carbocycles. The van der Waals surface area contributed by atoms with Crippen molar-refractivity contribution in [1.29, 1.82) is 0 Å². The van der Waals surface area contributed by atoms with Gasteiger partial charge in [-0.05, 0) is 47.7 Å². The number of hydrogen-bond acceptors (Lipinski definition) is 1. The first-order valence-electron chi connectivity index (χ1n) is 10.1. The predicted octanol–water partition coefficient (Wildman–Crippen LogP) is 6.75. The number of rotatable bonds is 0. The topological polar surface area (TPSA) is 3.24 Å². The number of benzene rings is 2. The van der Waals surface area contributed by atoms with E-state index in [4.69, 9.17) is 0 Å². The molecule has 2 aromatic carbocycles. The predicted molar refractivity (Wildman–Crippen MR) is 117 cm³/mol. The smallest absolute Gasteiger partial charge is 0.00160 e. The minimum absolute atomic E-state index is 1.16. The van der Waals surface area contributed by atoms with Crippen LogP contribution in [-0.4, -0.2) is 25.0 Å². The first-order chi connectivity index (χ1) is 12.8. The lowest BCUT2D eigenvalue weighted by molar-refractivity contribution is 0.313. The van der Waals surface area contributed by atoms with Crippen molar-refractivity contribution in [1.82, 2.24) is 4.90 Å². The average molecular weight is 348 g/mol. The molecule has 0 radical (unpaired) electrons. The molecule has 0 aromatic heterocycles. The summed E-state index contributed by atoms with van der Waals surface area (Å²) >= 11 is 0. The summed E-state index contributed by atoms with van der Waals surface area (Å²) in [6.07, 6.45) is 6.87. The maximum absolute atomic E-state index is 2.43. The Morgan fingerprint density at radius 3 is 1.54 bits per heavy atom. The third kappa shape index (κ3) is 4.34. The molecule has 0 spiro atoms. The van der Waals surface area contributed by atoms with Crippen LogP contribution in [0.15, 0.2) is 54.1 Å². The summed E-state index contributed by atoms with van der Waals surface area (Å²) in [5.41, 5.74) is 8.54. The van der Waals surface area contributed by atoms with Crippen molar-refractivity contribution in [2.45, 2.75) is 40.5 Å². The SMILES string of the molecule is CC.CC.CN1CCC(=C2c3ccccc3C=Cc3ccccc32)CC1. The Morgan fingerprint density at radius 1 is 0.654 bits per heavy atom. The Bertz CT molecular complexity index is 706. The number of likely N-dealkylation sites (tertiary alicyclic amines) is 1. The van der Waals surface area contributed by atoms with E-state index in [1.54, 1.807) is 5.57 Å². The molecule has 1 aliphatic heterocycles. The van der Waals surface area contributed by atoms with E-state index in [0.29, 0.717) is 0 Å². The minimum atomic E-state index is 1.16. The standard InChI is InChI=1S/C21H21N.2C2H6/c1-22-14-12-18(13-15-22)21-19-8-4-2-6-16(19)10-11-17-7-3-5-9-20(17)21;2*1-2/h2-11H,12-15H2,1H3;2*1-2H3. The molecule has 1 aliphatic carbocycles. The van der Waals surface area contributed by atoms with Gasteiger partial charge >= 0.3 is 0 Å². The molecule has 0 unspecified atom stereocenters. The highest BCUT2D eigenvalue weighted by Gasteiger charge is 2.21. The van der Waals surface area contributed by atoms with E-state index >= 15 is 0 Å². The largest absolute Gasteiger partial charge is 0.306 e. The molecule has 2 aliphatic rings. The summed E-state index contributed by atoms with van der Waals surface area (Å²) in [6.45, 7) is 10.3. The minimum Gasteiger partial charge on any atom is -0.306 e. The Hall–Kier alpha value is -2.12. The molecule has 2 aromatic rings. The summed E-state index contributed by atoms with van der Waals surface area (Å²) in [5, 5.41) is 0. The first-order valence-corrected chi connectivity index (χ1v) is 10.1. The zero-order valence-electron chi connectivity index (χ0n) is 17.0. The zero-order chi connectivity index (χ0) is 18.9. The van der Waals surface area contributed by atoms with E-state index in [1.165, 1.54) is 40.7 Å². The Balaban J connectivity index is 0.000000570. The van der Waals surface area contributed by atoms with Crippen LogP contribution in [0.25, 0.3) is 17.7 Å². The maximum atomic E-state index is 2.43. The van der Waals surface area contributed by atoms with E-state index in [-0.39, 0.29) is 0 Å². The van der Waals surface area contributed by atoms with E-state index in [1.807, 2.05) is 27.7 Å². The molecule has 0 amide bonds. The molecule has 1 fully saturated rings. The van der Waals surface area contributed by atoms with Gasteiger partial charge < -0.3 is 4.90 Å². The van der Waals surface area contributed by atoms with Crippen LogP contribution >= 0.6 is 0 Å². The molecule has 0 bridgehead atoms. The van der Waals surface area contributed by atoms with Crippen LogP contribution in [0.5, 0.6) is 0 Å². The molecular formula is C25H33N. The van der Waals surface area contributed by atoms with E-state index in [9.17, 15) is 0 Å². The van der Waals surface area contributed by atoms with Crippen LogP contribution < -0.4 is 0 Å². The summed E-state index contributed by atoms with van der Waals surface area (Å²) < 4.78 is 0. The molecular weight excluding hydrogens is 314 g/mol. The van der Waals surface area contributed by atoms with Gasteiger partial charge in [-0.1, -0.05) is 94.0 Å². The third-order valence-electron chi connectivity index (χ3n) is 4.85. The Kier molecular flexibility index (Phi) is 7.87. The van der Waals surface area contributed by atoms with Gasteiger partial charge in [0.1, 0.15) is 0 Å². The Morgan fingerprint density at radius 2 is 1.08 bits per heavy atom. The van der Waals surface area contributed by atoms with Gasteiger partial charge in [-0.3, -0.25) is 0 Å². The fourth-order valence-electron chi connectivity index (χ4n) is 3.58. The van der Waals surface area contributed by atoms with Gasteiger partial charge in [-0.25, -0.2) is 0 Å². The fraction of sp³-hybridized carbons (Fsp3) is 0.360. The van der Waals surface area contributed by atoms with Crippen LogP contribution in [0, 0.1) is 0 Å². The quantitative estimate of drug-likeness (QED) is 0.435. The van der Waals surface area contributed by atoms with Crippen LogP contribution in [0.1, 0.15) is 62.8 Å². The summed E-state index contributed by atoms with van der Waals surface area (Å²) in [5.74, 6) is 0. The maximum Gasteiger partial charge on any atom is 0.00160 e. The van der Waals surface area contributed by atoms with Crippen molar-refractivity contribution in [3.8, 4) is 0 Å². The van der Waals surface area contributed by atoms with Gasteiger partial charge in [0.15, 0.2) is 0 Å². The van der Waals surface area contributed by atoms with Crippen molar-refractivity contribution in [2.24, 2.45) is 0 Å². The molecule has 0 N–H and O–H groups in total. The second-order valence-electron chi connectivity index (χ2n) is 6.29. The highest BCUT2D eigenvalue weighted by Crippen LogP contribution is 2.38. The summed E-state index contributed by atoms with van der Waals surface area (Å²) in [6, 6.07) is 17.6. The van der Waals surface area contributed by atoms with Crippen LogP contribution in [0.4, 0.5) is 0 Å². The number of fused-ring (bicyclic) bond motifs is 2. The molecule has 0 atom stereocenters. The van der Waals surface area contributed by atoms with Crippen LogP contribution in [0.3, 0.4) is 0 Å². The van der Waals surface area contributed by atoms with Crippen molar-refractivity contribution < 1.29 is 0 Å². The van der Waals surface area contributed by atoms with Gasteiger partial charge in [0.2, 0.25) is 0 Å². The highest BCUT2D eigenvalue weighted by molar-refractivity contribution is 5.94. The van der Waals surface area contributed by atoms with Crippen molar-refractivity contribution in [3.63, 3.8) is 0 Å². The van der Waals surface area contributed by atoms with E-state index in [2.05, 4.69) is 72.6 Å². The third-order valence-corrected chi connectivity index (χ3v) is 4.85. The van der Waals surface area contributed by atoms with Crippen LogP contribution in [-0.2, 0) is 0 Å². The fourth-order valence-corrected chi connectivity index (χ4v) is 3.58. The Labute approximate surface area is 160 Å². The molecule has 1 saturated heterocycles. The zero-order valence-corrected chi connectivity index (χ0v) is 17.0. The van der Waals surface area contributed by atoms with Crippen molar-refractivity contribution in [3.05, 3.63) is 76.4 Å². The normalized spacial score (nSPS) is 15.6. The van der Waals surface area contributed by atoms with Gasteiger partial charge in [-0.15, -0.1) is 0 Å². The first kappa shape index (κ1) is 20.2. The molecule has 26 heavy (non-hydrogen) atoms. The van der Waals surface area contributed by atoms with E-state index < -0.39 is 0 Å².